The Morgan fingerprint density at radius 2 is 1.77 bits per heavy atom. The number of sulfone groups is 1. The van der Waals surface area contributed by atoms with Gasteiger partial charge in [0, 0.05) is 24.9 Å². The van der Waals surface area contributed by atoms with Crippen LogP contribution in [0.5, 0.6) is 0 Å². The van der Waals surface area contributed by atoms with Crippen molar-refractivity contribution in [1.29, 1.82) is 0 Å². The standard InChI is InChI=1S/C31H34N2O5S/c1-30(2,3)18-27(35)33-15-14-31(24-10-5-6-11-25(24)32-29(31)36)28(33)22-9-7-8-20(16-22)21-12-13-23(19-34)26(17-21)39(4,37)38/h5-13,16-17,28,34H,14-15,18-19H2,1-4H3,(H,32,36)/t28-,31-/m1/s1. The van der Waals surface area contributed by atoms with Crippen LogP contribution in [-0.4, -0.2) is 43.0 Å². The largest absolute Gasteiger partial charge is 0.392 e. The van der Waals surface area contributed by atoms with Gasteiger partial charge in [0.2, 0.25) is 11.8 Å². The smallest absolute Gasteiger partial charge is 0.237 e. The molecule has 39 heavy (non-hydrogen) atoms. The van der Waals surface area contributed by atoms with Crippen molar-refractivity contribution in [2.24, 2.45) is 5.41 Å². The molecule has 2 aliphatic rings. The van der Waals surface area contributed by atoms with Crippen molar-refractivity contribution >= 4 is 27.3 Å². The van der Waals surface area contributed by atoms with Crippen molar-refractivity contribution in [3.05, 3.63) is 83.4 Å². The van der Waals surface area contributed by atoms with Crippen LogP contribution in [0.3, 0.4) is 0 Å². The van der Waals surface area contributed by atoms with Crippen LogP contribution < -0.4 is 5.32 Å². The Bertz CT molecular complexity index is 1570. The fraction of sp³-hybridized carbons (Fsp3) is 0.355. The Kier molecular flexibility index (Phi) is 6.67. The lowest BCUT2D eigenvalue weighted by atomic mass is 9.72. The lowest BCUT2D eigenvalue weighted by molar-refractivity contribution is -0.135. The first-order valence-electron chi connectivity index (χ1n) is 13.1. The van der Waals surface area contributed by atoms with Crippen LogP contribution in [0.2, 0.25) is 0 Å². The maximum absolute atomic E-state index is 13.7. The molecule has 2 heterocycles. The minimum atomic E-state index is -3.56. The molecule has 0 saturated carbocycles. The molecule has 3 aromatic carbocycles. The Morgan fingerprint density at radius 1 is 1.05 bits per heavy atom. The first-order chi connectivity index (χ1) is 18.3. The number of likely N-dealkylation sites (tertiary alicyclic amines) is 1. The molecule has 3 aromatic rings. The first kappa shape index (κ1) is 27.1. The Hall–Kier alpha value is -3.49. The second-order valence-electron chi connectivity index (χ2n) is 11.8. The highest BCUT2D eigenvalue weighted by Crippen LogP contribution is 2.55. The van der Waals surface area contributed by atoms with E-state index in [2.05, 4.69) is 5.32 Å². The van der Waals surface area contributed by atoms with E-state index in [1.54, 1.807) is 18.2 Å². The zero-order chi connectivity index (χ0) is 28.2. The van der Waals surface area contributed by atoms with Crippen molar-refractivity contribution in [1.82, 2.24) is 4.90 Å². The minimum Gasteiger partial charge on any atom is -0.392 e. The fourth-order valence-electron chi connectivity index (χ4n) is 6.07. The van der Waals surface area contributed by atoms with E-state index in [4.69, 9.17) is 0 Å². The molecular weight excluding hydrogens is 512 g/mol. The molecule has 0 bridgehead atoms. The average molecular weight is 547 g/mol. The quantitative estimate of drug-likeness (QED) is 0.476. The van der Waals surface area contributed by atoms with E-state index in [1.807, 2.05) is 74.2 Å². The number of amides is 2. The summed E-state index contributed by atoms with van der Waals surface area (Å²) in [5.74, 6) is -0.115. The zero-order valence-corrected chi connectivity index (χ0v) is 23.5. The normalized spacial score (nSPS) is 20.8. The van der Waals surface area contributed by atoms with Gasteiger partial charge in [-0.3, -0.25) is 9.59 Å². The lowest BCUT2D eigenvalue weighted by Crippen LogP contribution is -2.43. The van der Waals surface area contributed by atoms with Gasteiger partial charge < -0.3 is 15.3 Å². The van der Waals surface area contributed by atoms with Gasteiger partial charge in [0.15, 0.2) is 9.84 Å². The Morgan fingerprint density at radius 3 is 2.46 bits per heavy atom. The van der Waals surface area contributed by atoms with E-state index in [0.29, 0.717) is 30.5 Å². The molecule has 5 rings (SSSR count). The summed E-state index contributed by atoms with van der Waals surface area (Å²) >= 11 is 0. The van der Waals surface area contributed by atoms with Crippen LogP contribution in [0.25, 0.3) is 11.1 Å². The third kappa shape index (κ3) is 4.76. The summed E-state index contributed by atoms with van der Waals surface area (Å²) in [7, 11) is -3.56. The summed E-state index contributed by atoms with van der Waals surface area (Å²) in [4.78, 5) is 29.4. The molecule has 204 valence electrons. The summed E-state index contributed by atoms with van der Waals surface area (Å²) in [5.41, 5.74) is 3.10. The SMILES string of the molecule is CC(C)(C)CC(=O)N1CC[C@]2(C(=O)Nc3ccccc32)[C@H]1c1cccc(-c2ccc(CO)c(S(C)(=O)=O)c2)c1. The molecule has 2 atom stereocenters. The summed E-state index contributed by atoms with van der Waals surface area (Å²) in [6.07, 6.45) is 1.98. The third-order valence-corrected chi connectivity index (χ3v) is 8.94. The minimum absolute atomic E-state index is 0.00128. The number of para-hydroxylation sites is 1. The highest BCUT2D eigenvalue weighted by molar-refractivity contribution is 7.90. The number of nitrogens with one attached hydrogen (secondary N) is 1. The Labute approximate surface area is 229 Å². The number of carbonyl (C=O) groups excluding carboxylic acids is 2. The predicted molar refractivity (Wildman–Crippen MR) is 151 cm³/mol. The van der Waals surface area contributed by atoms with Gasteiger partial charge in [0.25, 0.3) is 0 Å². The van der Waals surface area contributed by atoms with Crippen molar-refractivity contribution < 1.29 is 23.1 Å². The van der Waals surface area contributed by atoms with Crippen molar-refractivity contribution in [2.75, 3.05) is 18.1 Å². The van der Waals surface area contributed by atoms with E-state index in [9.17, 15) is 23.1 Å². The number of benzene rings is 3. The number of hydrogen-bond donors (Lipinski definition) is 2. The van der Waals surface area contributed by atoms with Gasteiger partial charge >= 0.3 is 0 Å². The molecule has 0 aliphatic carbocycles. The molecule has 2 N–H and O–H groups in total. The highest BCUT2D eigenvalue weighted by Gasteiger charge is 2.59. The van der Waals surface area contributed by atoms with Crippen LogP contribution in [0.4, 0.5) is 5.69 Å². The number of fused-ring (bicyclic) bond motifs is 2. The van der Waals surface area contributed by atoms with Crippen molar-refractivity contribution in [3.8, 4) is 11.1 Å². The van der Waals surface area contributed by atoms with Crippen LogP contribution in [0.15, 0.2) is 71.6 Å². The second kappa shape index (κ2) is 9.61. The van der Waals surface area contributed by atoms with Gasteiger partial charge in [-0.2, -0.15) is 0 Å². The van der Waals surface area contributed by atoms with Gasteiger partial charge in [0.05, 0.1) is 17.5 Å². The van der Waals surface area contributed by atoms with Crippen LogP contribution in [-0.2, 0) is 31.4 Å². The molecule has 0 radical (unpaired) electrons. The third-order valence-electron chi connectivity index (χ3n) is 7.76. The first-order valence-corrected chi connectivity index (χ1v) is 15.0. The van der Waals surface area contributed by atoms with Crippen molar-refractivity contribution in [3.63, 3.8) is 0 Å². The molecule has 0 aromatic heterocycles. The fourth-order valence-corrected chi connectivity index (χ4v) is 7.02. The molecule has 1 saturated heterocycles. The molecule has 1 spiro atoms. The number of aliphatic hydroxyl groups excluding tert-OH is 1. The monoisotopic (exact) mass is 546 g/mol. The van der Waals surface area contributed by atoms with Crippen molar-refractivity contribution in [2.45, 2.75) is 56.6 Å². The summed E-state index contributed by atoms with van der Waals surface area (Å²) < 4.78 is 24.9. The molecule has 0 unspecified atom stereocenters. The summed E-state index contributed by atoms with van der Waals surface area (Å²) in [5, 5.41) is 12.7. The van der Waals surface area contributed by atoms with E-state index in [1.165, 1.54) is 0 Å². The number of aliphatic hydroxyl groups is 1. The molecule has 7 nitrogen and oxygen atoms in total. The highest BCUT2D eigenvalue weighted by atomic mass is 32.2. The summed E-state index contributed by atoms with van der Waals surface area (Å²) in [6.45, 7) is 6.15. The van der Waals surface area contributed by atoms with Gasteiger partial charge in [-0.05, 0) is 57.9 Å². The number of hydrogen-bond acceptors (Lipinski definition) is 5. The molecule has 1 fully saturated rings. The molecule has 2 amide bonds. The zero-order valence-electron chi connectivity index (χ0n) is 22.7. The van der Waals surface area contributed by atoms with E-state index in [-0.39, 0.29) is 28.7 Å². The summed E-state index contributed by atoms with van der Waals surface area (Å²) in [6, 6.07) is 19.8. The topological polar surface area (TPSA) is 104 Å². The maximum atomic E-state index is 13.7. The van der Waals surface area contributed by atoms with Gasteiger partial charge in [-0.25, -0.2) is 8.42 Å². The second-order valence-corrected chi connectivity index (χ2v) is 13.8. The van der Waals surface area contributed by atoms with E-state index < -0.39 is 21.3 Å². The number of rotatable bonds is 5. The predicted octanol–water partition coefficient (Wildman–Crippen LogP) is 4.85. The molecule has 2 aliphatic heterocycles. The average Bonchev–Trinajstić information content (AvgIpc) is 3.41. The van der Waals surface area contributed by atoms with Gasteiger partial charge in [0.1, 0.15) is 5.41 Å². The van der Waals surface area contributed by atoms with Gasteiger partial charge in [-0.15, -0.1) is 0 Å². The Balaban J connectivity index is 1.66. The van der Waals surface area contributed by atoms with Gasteiger partial charge in [-0.1, -0.05) is 69.3 Å². The molecule has 8 heteroatoms. The molecular formula is C31H34N2O5S. The van der Waals surface area contributed by atoms with Crippen LogP contribution in [0, 0.1) is 5.41 Å². The number of nitrogens with zero attached hydrogens (tertiary/aromatic N) is 1. The van der Waals surface area contributed by atoms with E-state index in [0.717, 1.165) is 28.6 Å². The maximum Gasteiger partial charge on any atom is 0.237 e. The lowest BCUT2D eigenvalue weighted by Gasteiger charge is -2.35. The van der Waals surface area contributed by atoms with Crippen LogP contribution >= 0.6 is 0 Å². The van der Waals surface area contributed by atoms with E-state index >= 15 is 0 Å². The number of anilines is 1. The number of carbonyl (C=O) groups is 2. The van der Waals surface area contributed by atoms with Crippen LogP contribution in [0.1, 0.15) is 56.3 Å².